The van der Waals surface area contributed by atoms with E-state index in [-0.39, 0.29) is 11.9 Å². The van der Waals surface area contributed by atoms with Crippen LogP contribution in [0.4, 0.5) is 0 Å². The zero-order valence-corrected chi connectivity index (χ0v) is 12.8. The number of amides is 1. The van der Waals surface area contributed by atoms with Gasteiger partial charge in [-0.15, -0.1) is 0 Å². The van der Waals surface area contributed by atoms with E-state index in [1.807, 2.05) is 48.3 Å². The Balaban J connectivity index is 1.84. The fourth-order valence-electron chi connectivity index (χ4n) is 3.06. The van der Waals surface area contributed by atoms with Crippen molar-refractivity contribution in [3.8, 4) is 11.1 Å². The van der Waals surface area contributed by atoms with Crippen molar-refractivity contribution < 1.29 is 4.79 Å². The lowest BCUT2D eigenvalue weighted by molar-refractivity contribution is 0.0736. The third kappa shape index (κ3) is 3.02. The molecule has 114 valence electrons. The van der Waals surface area contributed by atoms with Crippen LogP contribution in [-0.2, 0) is 0 Å². The van der Waals surface area contributed by atoms with Crippen molar-refractivity contribution in [1.29, 1.82) is 0 Å². The van der Waals surface area contributed by atoms with Crippen molar-refractivity contribution in [3.05, 3.63) is 54.4 Å². The van der Waals surface area contributed by atoms with Gasteiger partial charge in [0.15, 0.2) is 0 Å². The van der Waals surface area contributed by atoms with Crippen LogP contribution in [0.2, 0.25) is 0 Å². The average molecular weight is 295 g/mol. The van der Waals surface area contributed by atoms with Gasteiger partial charge in [0, 0.05) is 37.1 Å². The number of hydrogen-bond acceptors (Lipinski definition) is 3. The molecule has 1 aliphatic heterocycles. The fourth-order valence-corrected chi connectivity index (χ4v) is 3.06. The van der Waals surface area contributed by atoms with E-state index in [4.69, 9.17) is 0 Å². The number of pyridine rings is 1. The summed E-state index contributed by atoms with van der Waals surface area (Å²) in [7, 11) is 1.93. The second kappa shape index (κ2) is 6.71. The van der Waals surface area contributed by atoms with Crippen LogP contribution in [0.5, 0.6) is 0 Å². The Kier molecular flexibility index (Phi) is 4.49. The average Bonchev–Trinajstić information content (AvgIpc) is 3.04. The fraction of sp³-hybridized carbons (Fsp3) is 0.333. The molecule has 1 aliphatic rings. The minimum Gasteiger partial charge on any atom is -0.334 e. The van der Waals surface area contributed by atoms with Crippen LogP contribution >= 0.6 is 0 Å². The maximum absolute atomic E-state index is 12.8. The Morgan fingerprint density at radius 2 is 2.09 bits per heavy atom. The summed E-state index contributed by atoms with van der Waals surface area (Å²) < 4.78 is 0. The van der Waals surface area contributed by atoms with E-state index < -0.39 is 0 Å². The number of benzene rings is 1. The number of likely N-dealkylation sites (N-methyl/N-ethyl adjacent to an activating group) is 1. The van der Waals surface area contributed by atoms with Crippen molar-refractivity contribution >= 4 is 5.91 Å². The second-order valence-electron chi connectivity index (χ2n) is 5.68. The lowest BCUT2D eigenvalue weighted by atomic mass is 10.1. The van der Waals surface area contributed by atoms with Crippen molar-refractivity contribution in [1.82, 2.24) is 15.2 Å². The van der Waals surface area contributed by atoms with Gasteiger partial charge in [-0.25, -0.2) is 0 Å². The molecule has 2 aromatic rings. The number of hydrogen-bond donors (Lipinski definition) is 1. The van der Waals surface area contributed by atoms with Crippen molar-refractivity contribution in [2.24, 2.45) is 0 Å². The van der Waals surface area contributed by atoms with Gasteiger partial charge < -0.3 is 10.2 Å². The molecule has 0 bridgehead atoms. The predicted molar refractivity (Wildman–Crippen MR) is 87.7 cm³/mol. The van der Waals surface area contributed by atoms with Crippen LogP contribution in [0.25, 0.3) is 11.1 Å². The van der Waals surface area contributed by atoms with Gasteiger partial charge in [0.1, 0.15) is 0 Å². The predicted octanol–water partition coefficient (Wildman–Crippen LogP) is 2.57. The number of aromatic nitrogens is 1. The number of carbonyl (C=O) groups excluding carboxylic acids is 1. The number of rotatable bonds is 4. The molecular weight excluding hydrogens is 274 g/mol. The zero-order chi connectivity index (χ0) is 15.4. The Hall–Kier alpha value is -2.20. The molecule has 0 spiro atoms. The topological polar surface area (TPSA) is 45.2 Å². The first-order valence-electron chi connectivity index (χ1n) is 7.75. The number of nitrogens with one attached hydrogen (secondary N) is 1. The zero-order valence-electron chi connectivity index (χ0n) is 12.8. The molecule has 1 unspecified atom stereocenters. The molecule has 1 aromatic carbocycles. The maximum Gasteiger partial charge on any atom is 0.255 e. The van der Waals surface area contributed by atoms with E-state index in [9.17, 15) is 4.79 Å². The Bertz CT molecular complexity index is 642. The Morgan fingerprint density at radius 1 is 1.27 bits per heavy atom. The van der Waals surface area contributed by atoms with Gasteiger partial charge in [-0.2, -0.15) is 0 Å². The molecule has 1 aromatic heterocycles. The Morgan fingerprint density at radius 3 is 2.86 bits per heavy atom. The monoisotopic (exact) mass is 295 g/mol. The molecule has 1 fully saturated rings. The van der Waals surface area contributed by atoms with Crippen LogP contribution in [0.3, 0.4) is 0 Å². The van der Waals surface area contributed by atoms with E-state index in [1.165, 1.54) is 0 Å². The van der Waals surface area contributed by atoms with Crippen molar-refractivity contribution in [2.75, 3.05) is 20.1 Å². The summed E-state index contributed by atoms with van der Waals surface area (Å²) in [5.74, 6) is 0.0861. The summed E-state index contributed by atoms with van der Waals surface area (Å²) in [6.45, 7) is 1.68. The molecule has 0 aliphatic carbocycles. The van der Waals surface area contributed by atoms with Crippen LogP contribution in [0.15, 0.2) is 48.8 Å². The summed E-state index contributed by atoms with van der Waals surface area (Å²) in [5, 5.41) is 3.17. The van der Waals surface area contributed by atoms with Gasteiger partial charge >= 0.3 is 0 Å². The molecule has 3 rings (SSSR count). The van der Waals surface area contributed by atoms with Gasteiger partial charge in [-0.3, -0.25) is 9.78 Å². The first-order valence-corrected chi connectivity index (χ1v) is 7.75. The van der Waals surface area contributed by atoms with Gasteiger partial charge in [0.2, 0.25) is 0 Å². The van der Waals surface area contributed by atoms with Crippen molar-refractivity contribution in [3.63, 3.8) is 0 Å². The highest BCUT2D eigenvalue weighted by atomic mass is 16.2. The standard InChI is InChI=1S/C18H21N3O/c1-19-13-17-8-5-9-21(17)18(22)16-10-15(11-20-12-16)14-6-3-2-4-7-14/h2-4,6-7,10-12,17,19H,5,8-9,13H2,1H3. The first-order chi connectivity index (χ1) is 10.8. The quantitative estimate of drug-likeness (QED) is 0.943. The number of carbonyl (C=O) groups is 1. The van der Waals surface area contributed by atoms with Gasteiger partial charge in [-0.1, -0.05) is 30.3 Å². The minimum absolute atomic E-state index is 0.0861. The van der Waals surface area contributed by atoms with E-state index >= 15 is 0 Å². The smallest absolute Gasteiger partial charge is 0.255 e. The minimum atomic E-state index is 0.0861. The molecule has 4 nitrogen and oxygen atoms in total. The molecule has 4 heteroatoms. The summed E-state index contributed by atoms with van der Waals surface area (Å²) in [4.78, 5) is 19.0. The SMILES string of the molecule is CNCC1CCCN1C(=O)c1cncc(-c2ccccc2)c1. The molecule has 22 heavy (non-hydrogen) atoms. The maximum atomic E-state index is 12.8. The lowest BCUT2D eigenvalue weighted by Gasteiger charge is -2.24. The molecule has 0 saturated carbocycles. The van der Waals surface area contributed by atoms with E-state index in [1.54, 1.807) is 12.4 Å². The van der Waals surface area contributed by atoms with Crippen LogP contribution in [0.1, 0.15) is 23.2 Å². The molecule has 0 radical (unpaired) electrons. The Labute approximate surface area is 131 Å². The van der Waals surface area contributed by atoms with Crippen LogP contribution in [-0.4, -0.2) is 42.0 Å². The highest BCUT2D eigenvalue weighted by molar-refractivity contribution is 5.95. The van der Waals surface area contributed by atoms with Gasteiger partial charge in [-0.05, 0) is 31.5 Å². The van der Waals surface area contributed by atoms with Crippen molar-refractivity contribution in [2.45, 2.75) is 18.9 Å². The van der Waals surface area contributed by atoms with Crippen LogP contribution in [0, 0.1) is 0 Å². The number of likely N-dealkylation sites (tertiary alicyclic amines) is 1. The van der Waals surface area contributed by atoms with Gasteiger partial charge in [0.25, 0.3) is 5.91 Å². The molecule has 1 amide bonds. The van der Waals surface area contributed by atoms with E-state index in [0.717, 1.165) is 37.1 Å². The highest BCUT2D eigenvalue weighted by Gasteiger charge is 2.29. The van der Waals surface area contributed by atoms with Gasteiger partial charge in [0.05, 0.1) is 5.56 Å². The largest absolute Gasteiger partial charge is 0.334 e. The first kappa shape index (κ1) is 14.7. The van der Waals surface area contributed by atoms with E-state index in [2.05, 4.69) is 10.3 Å². The molecule has 1 N–H and O–H groups in total. The second-order valence-corrected chi connectivity index (χ2v) is 5.68. The van der Waals surface area contributed by atoms with E-state index in [0.29, 0.717) is 5.56 Å². The number of nitrogens with zero attached hydrogens (tertiary/aromatic N) is 2. The summed E-state index contributed by atoms with van der Waals surface area (Å²) in [6.07, 6.45) is 5.62. The summed E-state index contributed by atoms with van der Waals surface area (Å²) in [5.41, 5.74) is 2.73. The molecule has 1 atom stereocenters. The lowest BCUT2D eigenvalue weighted by Crippen LogP contribution is -2.40. The normalized spacial score (nSPS) is 17.7. The molecular formula is C18H21N3O. The van der Waals surface area contributed by atoms with Crippen LogP contribution < -0.4 is 5.32 Å². The highest BCUT2D eigenvalue weighted by Crippen LogP contribution is 2.23. The summed E-state index contributed by atoms with van der Waals surface area (Å²) >= 11 is 0. The molecule has 1 saturated heterocycles. The third-order valence-corrected chi connectivity index (χ3v) is 4.17. The summed E-state index contributed by atoms with van der Waals surface area (Å²) in [6, 6.07) is 12.3. The third-order valence-electron chi connectivity index (χ3n) is 4.17. The molecule has 2 heterocycles.